The molecule has 86 valence electrons. The van der Waals surface area contributed by atoms with E-state index in [-0.39, 0.29) is 5.91 Å². The lowest BCUT2D eigenvalue weighted by Gasteiger charge is -2.27. The third-order valence-corrected chi connectivity index (χ3v) is 2.37. The molecule has 1 saturated heterocycles. The van der Waals surface area contributed by atoms with Gasteiger partial charge in [-0.25, -0.2) is 9.97 Å². The molecule has 0 unspecified atom stereocenters. The first-order chi connectivity index (χ1) is 7.79. The third-order valence-electron chi connectivity index (χ3n) is 2.37. The molecule has 16 heavy (non-hydrogen) atoms. The van der Waals surface area contributed by atoms with E-state index >= 15 is 0 Å². The van der Waals surface area contributed by atoms with E-state index in [2.05, 4.69) is 20.6 Å². The van der Waals surface area contributed by atoms with Crippen molar-refractivity contribution in [3.8, 4) is 0 Å². The van der Waals surface area contributed by atoms with E-state index < -0.39 is 0 Å². The second-order valence-corrected chi connectivity index (χ2v) is 3.56. The average molecular weight is 221 g/mol. The summed E-state index contributed by atoms with van der Waals surface area (Å²) in [5.41, 5.74) is 0. The van der Waals surface area contributed by atoms with Gasteiger partial charge in [0, 0.05) is 25.7 Å². The molecule has 0 saturated carbocycles. The molecular weight excluding hydrogens is 206 g/mol. The summed E-state index contributed by atoms with van der Waals surface area (Å²) in [4.78, 5) is 21.5. The molecule has 0 aliphatic carbocycles. The number of carbonyl (C=O) groups is 1. The van der Waals surface area contributed by atoms with Gasteiger partial charge in [-0.2, -0.15) is 0 Å². The van der Waals surface area contributed by atoms with Gasteiger partial charge in [0.15, 0.2) is 0 Å². The second-order valence-electron chi connectivity index (χ2n) is 3.56. The van der Waals surface area contributed by atoms with Crippen molar-refractivity contribution < 1.29 is 4.79 Å². The zero-order valence-electron chi connectivity index (χ0n) is 9.23. The average Bonchev–Trinajstić information content (AvgIpc) is 2.30. The summed E-state index contributed by atoms with van der Waals surface area (Å²) in [5, 5.41) is 5.90. The van der Waals surface area contributed by atoms with Gasteiger partial charge >= 0.3 is 0 Å². The molecule has 0 spiro atoms. The Morgan fingerprint density at radius 3 is 3.19 bits per heavy atom. The molecule has 6 nitrogen and oxygen atoms in total. The highest BCUT2D eigenvalue weighted by Gasteiger charge is 2.17. The number of hydrogen-bond acceptors (Lipinski definition) is 5. The van der Waals surface area contributed by atoms with E-state index in [1.165, 1.54) is 6.33 Å². The molecule has 6 heteroatoms. The van der Waals surface area contributed by atoms with Gasteiger partial charge in [-0.15, -0.1) is 0 Å². The predicted molar refractivity (Wildman–Crippen MR) is 61.4 cm³/mol. The van der Waals surface area contributed by atoms with Crippen LogP contribution in [-0.2, 0) is 4.79 Å². The van der Waals surface area contributed by atoms with Crippen LogP contribution in [0.4, 0.5) is 11.6 Å². The van der Waals surface area contributed by atoms with Crippen LogP contribution in [0.2, 0.25) is 0 Å². The minimum absolute atomic E-state index is 0.0369. The van der Waals surface area contributed by atoms with Crippen LogP contribution in [0.3, 0.4) is 0 Å². The number of nitrogens with zero attached hydrogens (tertiary/aromatic N) is 3. The summed E-state index contributed by atoms with van der Waals surface area (Å²) >= 11 is 0. The van der Waals surface area contributed by atoms with Crippen molar-refractivity contribution in [2.45, 2.75) is 6.92 Å². The van der Waals surface area contributed by atoms with Gasteiger partial charge in [-0.05, 0) is 6.92 Å². The Balaban J connectivity index is 2.12. The van der Waals surface area contributed by atoms with Crippen molar-refractivity contribution in [3.63, 3.8) is 0 Å². The number of amides is 1. The van der Waals surface area contributed by atoms with Gasteiger partial charge in [0.25, 0.3) is 0 Å². The van der Waals surface area contributed by atoms with E-state index in [1.807, 2.05) is 17.9 Å². The highest BCUT2D eigenvalue weighted by atomic mass is 16.2. The Kier molecular flexibility index (Phi) is 3.19. The van der Waals surface area contributed by atoms with Crippen LogP contribution in [0.1, 0.15) is 6.92 Å². The summed E-state index contributed by atoms with van der Waals surface area (Å²) in [6, 6.07) is 1.86. The minimum Gasteiger partial charge on any atom is -0.370 e. The lowest BCUT2D eigenvalue weighted by Crippen LogP contribution is -2.48. The number of anilines is 2. The number of aromatic nitrogens is 2. The van der Waals surface area contributed by atoms with Gasteiger partial charge in [0.05, 0.1) is 6.54 Å². The quantitative estimate of drug-likeness (QED) is 0.742. The molecule has 1 aromatic rings. The molecule has 1 amide bonds. The smallest absolute Gasteiger partial charge is 0.239 e. The molecule has 1 aromatic heterocycles. The van der Waals surface area contributed by atoms with E-state index in [1.54, 1.807) is 0 Å². The van der Waals surface area contributed by atoms with E-state index in [0.717, 1.165) is 24.7 Å². The highest BCUT2D eigenvalue weighted by Crippen LogP contribution is 2.14. The molecule has 1 fully saturated rings. The van der Waals surface area contributed by atoms with Crippen molar-refractivity contribution >= 4 is 17.5 Å². The number of carbonyl (C=O) groups excluding carboxylic acids is 1. The number of nitrogens with one attached hydrogen (secondary N) is 2. The zero-order chi connectivity index (χ0) is 11.4. The zero-order valence-corrected chi connectivity index (χ0v) is 9.23. The topological polar surface area (TPSA) is 70.2 Å². The van der Waals surface area contributed by atoms with E-state index in [4.69, 9.17) is 0 Å². The molecule has 1 aliphatic rings. The van der Waals surface area contributed by atoms with Gasteiger partial charge < -0.3 is 15.5 Å². The van der Waals surface area contributed by atoms with Gasteiger partial charge in [-0.3, -0.25) is 4.79 Å². The lowest BCUT2D eigenvalue weighted by molar-refractivity contribution is -0.120. The van der Waals surface area contributed by atoms with E-state index in [0.29, 0.717) is 13.1 Å². The summed E-state index contributed by atoms with van der Waals surface area (Å²) < 4.78 is 0. The molecule has 0 aromatic carbocycles. The summed E-state index contributed by atoms with van der Waals surface area (Å²) in [7, 11) is 0. The van der Waals surface area contributed by atoms with Gasteiger partial charge in [0.1, 0.15) is 18.0 Å². The van der Waals surface area contributed by atoms with Crippen LogP contribution in [0.5, 0.6) is 0 Å². The third kappa shape index (κ3) is 2.39. The Labute approximate surface area is 94.1 Å². The summed E-state index contributed by atoms with van der Waals surface area (Å²) in [5.74, 6) is 1.62. The molecule has 2 heterocycles. The molecule has 1 aliphatic heterocycles. The Bertz CT molecular complexity index is 381. The maximum atomic E-state index is 11.2. The fourth-order valence-electron chi connectivity index (χ4n) is 1.63. The van der Waals surface area contributed by atoms with Crippen molar-refractivity contribution in [2.75, 3.05) is 36.4 Å². The minimum atomic E-state index is 0.0369. The maximum absolute atomic E-state index is 11.2. The van der Waals surface area contributed by atoms with Crippen LogP contribution in [0.15, 0.2) is 12.4 Å². The van der Waals surface area contributed by atoms with Crippen molar-refractivity contribution in [2.24, 2.45) is 0 Å². The Morgan fingerprint density at radius 1 is 1.56 bits per heavy atom. The number of rotatable bonds is 3. The van der Waals surface area contributed by atoms with Crippen molar-refractivity contribution in [1.82, 2.24) is 15.3 Å². The van der Waals surface area contributed by atoms with Crippen LogP contribution in [0.25, 0.3) is 0 Å². The number of piperazine rings is 1. The molecule has 2 N–H and O–H groups in total. The normalized spacial score (nSPS) is 15.8. The molecule has 0 atom stereocenters. The van der Waals surface area contributed by atoms with Crippen LogP contribution < -0.4 is 15.5 Å². The van der Waals surface area contributed by atoms with Crippen LogP contribution >= 0.6 is 0 Å². The fourth-order valence-corrected chi connectivity index (χ4v) is 1.63. The van der Waals surface area contributed by atoms with Crippen molar-refractivity contribution in [3.05, 3.63) is 12.4 Å². The monoisotopic (exact) mass is 221 g/mol. The maximum Gasteiger partial charge on any atom is 0.239 e. The molecule has 0 radical (unpaired) electrons. The first-order valence-corrected chi connectivity index (χ1v) is 5.37. The largest absolute Gasteiger partial charge is 0.370 e. The molecule has 2 rings (SSSR count). The van der Waals surface area contributed by atoms with Gasteiger partial charge in [0.2, 0.25) is 5.91 Å². The Hall–Kier alpha value is -1.85. The van der Waals surface area contributed by atoms with Crippen molar-refractivity contribution in [1.29, 1.82) is 0 Å². The van der Waals surface area contributed by atoms with E-state index in [9.17, 15) is 4.79 Å². The van der Waals surface area contributed by atoms with Crippen LogP contribution in [0, 0.1) is 0 Å². The molecule has 0 bridgehead atoms. The first kappa shape index (κ1) is 10.7. The Morgan fingerprint density at radius 2 is 2.44 bits per heavy atom. The second kappa shape index (κ2) is 4.78. The lowest BCUT2D eigenvalue weighted by atomic mass is 10.3. The predicted octanol–water partition coefficient (Wildman–Crippen LogP) is -0.155. The van der Waals surface area contributed by atoms with Crippen LogP contribution in [-0.4, -0.2) is 42.1 Å². The first-order valence-electron chi connectivity index (χ1n) is 5.37. The standard InChI is InChI=1S/C10H15N5O/c1-2-11-8-5-9(14-7-13-8)15-4-3-12-10(16)6-15/h5,7H,2-4,6H2,1H3,(H,12,16)(H,11,13,14). The summed E-state index contributed by atoms with van der Waals surface area (Å²) in [6.07, 6.45) is 1.51. The van der Waals surface area contributed by atoms with Gasteiger partial charge in [-0.1, -0.05) is 0 Å². The fraction of sp³-hybridized carbons (Fsp3) is 0.500. The summed E-state index contributed by atoms with van der Waals surface area (Å²) in [6.45, 7) is 4.64. The molecular formula is C10H15N5O. The number of hydrogen-bond donors (Lipinski definition) is 2. The highest BCUT2D eigenvalue weighted by molar-refractivity contribution is 5.82. The SMILES string of the molecule is CCNc1cc(N2CCNC(=O)C2)ncn1.